The van der Waals surface area contributed by atoms with Crippen LogP contribution in [0.25, 0.3) is 33.1 Å². The lowest BCUT2D eigenvalue weighted by Crippen LogP contribution is -1.90. The fraction of sp³-hybridized carbons (Fsp3) is 0.111. The van der Waals surface area contributed by atoms with Gasteiger partial charge in [0.25, 0.3) is 0 Å². The lowest BCUT2D eigenvalue weighted by molar-refractivity contribution is 0.956. The van der Waals surface area contributed by atoms with Crippen molar-refractivity contribution in [3.8, 4) is 11.3 Å². The van der Waals surface area contributed by atoms with Gasteiger partial charge in [0.1, 0.15) is 0 Å². The molecule has 21 heavy (non-hydrogen) atoms. The zero-order valence-electron chi connectivity index (χ0n) is 11.9. The first kappa shape index (κ1) is 12.7. The monoisotopic (exact) mass is 337 g/mol. The van der Waals surface area contributed by atoms with E-state index in [2.05, 4.69) is 93.9 Å². The summed E-state index contributed by atoms with van der Waals surface area (Å²) in [7, 11) is 4.19. The molecule has 103 valence electrons. The smallest absolute Gasteiger partial charge is 0.0591 e. The highest BCUT2D eigenvalue weighted by molar-refractivity contribution is 9.10. The predicted molar refractivity (Wildman–Crippen MR) is 91.4 cm³/mol. The molecule has 0 unspecified atom stereocenters. The highest BCUT2D eigenvalue weighted by Crippen LogP contribution is 2.33. The lowest BCUT2D eigenvalue weighted by atomic mass is 10.1. The van der Waals surface area contributed by atoms with E-state index in [1.807, 2.05) is 0 Å². The fourth-order valence-corrected chi connectivity index (χ4v) is 3.37. The van der Waals surface area contributed by atoms with Crippen molar-refractivity contribution in [1.82, 2.24) is 9.13 Å². The van der Waals surface area contributed by atoms with Crippen LogP contribution in [-0.4, -0.2) is 9.13 Å². The predicted octanol–water partition coefficient (Wildman–Crippen LogP) is 4.90. The number of aryl methyl sites for hydroxylation is 2. The van der Waals surface area contributed by atoms with Crippen LogP contribution in [0.1, 0.15) is 0 Å². The molecule has 2 nitrogen and oxygen atoms in total. The number of hydrogen-bond acceptors (Lipinski definition) is 0. The number of fused-ring (bicyclic) bond motifs is 2. The minimum absolute atomic E-state index is 1.08. The van der Waals surface area contributed by atoms with Gasteiger partial charge in [0, 0.05) is 58.2 Å². The zero-order valence-corrected chi connectivity index (χ0v) is 13.5. The molecule has 0 atom stereocenters. The van der Waals surface area contributed by atoms with E-state index in [-0.39, 0.29) is 0 Å². The van der Waals surface area contributed by atoms with Gasteiger partial charge in [0.05, 0.1) is 5.69 Å². The molecule has 0 N–H and O–H groups in total. The van der Waals surface area contributed by atoms with Crippen LogP contribution in [0.15, 0.2) is 53.1 Å². The number of benzene rings is 2. The molecule has 0 aliphatic carbocycles. The number of nitrogens with zero attached hydrogens (tertiary/aromatic N) is 2. The molecule has 4 rings (SSSR count). The van der Waals surface area contributed by atoms with Crippen LogP contribution in [0.5, 0.6) is 0 Å². The maximum Gasteiger partial charge on any atom is 0.0591 e. The van der Waals surface area contributed by atoms with E-state index < -0.39 is 0 Å². The Morgan fingerprint density at radius 2 is 1.81 bits per heavy atom. The second-order valence-electron chi connectivity index (χ2n) is 5.36. The van der Waals surface area contributed by atoms with E-state index in [1.54, 1.807) is 0 Å². The van der Waals surface area contributed by atoms with Gasteiger partial charge in [-0.3, -0.25) is 0 Å². The maximum atomic E-state index is 3.55. The molecule has 4 aromatic rings. The van der Waals surface area contributed by atoms with E-state index in [1.165, 1.54) is 22.0 Å². The third kappa shape index (κ3) is 1.84. The molecule has 0 spiro atoms. The standard InChI is InChI=1S/C18H14BrN2/c1-20-11-15(14-5-3-4-6-17(14)20)18-10-12-9-13(19)7-8-16(12)21(18)2/h3-9,11H,1-2H3. The van der Waals surface area contributed by atoms with E-state index in [0.717, 1.165) is 15.6 Å². The first-order valence-corrected chi connectivity index (χ1v) is 7.66. The van der Waals surface area contributed by atoms with Crippen LogP contribution < -0.4 is 0 Å². The average Bonchev–Trinajstić information content (AvgIpc) is 2.98. The summed E-state index contributed by atoms with van der Waals surface area (Å²) in [5, 5.41) is 2.40. The number of hydrogen-bond donors (Lipinski definition) is 0. The van der Waals surface area contributed by atoms with Crippen LogP contribution in [0, 0.1) is 6.07 Å². The average molecular weight is 338 g/mol. The highest BCUT2D eigenvalue weighted by Gasteiger charge is 2.13. The minimum atomic E-state index is 1.08. The Balaban J connectivity index is 2.07. The van der Waals surface area contributed by atoms with Crippen LogP contribution in [-0.2, 0) is 14.1 Å². The van der Waals surface area contributed by atoms with Gasteiger partial charge in [0.15, 0.2) is 0 Å². The molecule has 0 aliphatic rings. The van der Waals surface area contributed by atoms with Crippen LogP contribution >= 0.6 is 15.9 Å². The summed E-state index contributed by atoms with van der Waals surface area (Å²) in [5.41, 5.74) is 4.79. The van der Waals surface area contributed by atoms with Crippen molar-refractivity contribution < 1.29 is 0 Å². The highest BCUT2D eigenvalue weighted by atomic mass is 79.9. The Hall–Kier alpha value is -2.00. The van der Waals surface area contributed by atoms with Crippen LogP contribution in [0.3, 0.4) is 0 Å². The fourth-order valence-electron chi connectivity index (χ4n) is 3.01. The molecule has 0 aliphatic heterocycles. The molecule has 0 amide bonds. The largest absolute Gasteiger partial charge is 0.350 e. The number of rotatable bonds is 1. The molecule has 2 heterocycles. The van der Waals surface area contributed by atoms with Crippen molar-refractivity contribution in [2.24, 2.45) is 14.1 Å². The summed E-state index contributed by atoms with van der Waals surface area (Å²) < 4.78 is 5.47. The van der Waals surface area contributed by atoms with Crippen molar-refractivity contribution in [2.75, 3.05) is 0 Å². The normalized spacial score (nSPS) is 11.6. The van der Waals surface area contributed by atoms with Gasteiger partial charge in [-0.05, 0) is 24.3 Å². The summed E-state index contributed by atoms with van der Waals surface area (Å²) in [5.74, 6) is 0. The zero-order chi connectivity index (χ0) is 14.6. The molecular formula is C18H14BrN2. The summed E-state index contributed by atoms with van der Waals surface area (Å²) in [6, 6.07) is 18.4. The Morgan fingerprint density at radius 3 is 2.67 bits per heavy atom. The third-order valence-electron chi connectivity index (χ3n) is 4.06. The molecule has 2 aromatic heterocycles. The number of para-hydroxylation sites is 1. The summed E-state index contributed by atoms with van der Waals surface area (Å²) in [6.07, 6.45) is 2.18. The second-order valence-corrected chi connectivity index (χ2v) is 6.28. The van der Waals surface area contributed by atoms with Gasteiger partial charge in [0.2, 0.25) is 0 Å². The van der Waals surface area contributed by atoms with Gasteiger partial charge in [-0.1, -0.05) is 34.1 Å². The molecule has 0 bridgehead atoms. The van der Waals surface area contributed by atoms with Crippen molar-refractivity contribution in [1.29, 1.82) is 0 Å². The van der Waals surface area contributed by atoms with Crippen molar-refractivity contribution in [3.63, 3.8) is 0 Å². The quantitative estimate of drug-likeness (QED) is 0.467. The molecule has 3 heteroatoms. The van der Waals surface area contributed by atoms with Gasteiger partial charge < -0.3 is 9.13 Å². The number of aromatic nitrogens is 2. The van der Waals surface area contributed by atoms with Gasteiger partial charge in [-0.2, -0.15) is 0 Å². The van der Waals surface area contributed by atoms with Crippen LogP contribution in [0.4, 0.5) is 0 Å². The molecule has 0 saturated carbocycles. The Labute approximate surface area is 131 Å². The summed E-state index contributed by atoms with van der Waals surface area (Å²) >= 11 is 3.53. The Kier molecular flexibility index (Phi) is 2.73. The van der Waals surface area contributed by atoms with Crippen molar-refractivity contribution in [2.45, 2.75) is 0 Å². The first-order valence-electron chi connectivity index (χ1n) is 6.87. The third-order valence-corrected chi connectivity index (χ3v) is 4.55. The van der Waals surface area contributed by atoms with Gasteiger partial charge in [-0.15, -0.1) is 0 Å². The first-order chi connectivity index (χ1) is 10.1. The number of halogens is 1. The summed E-state index contributed by atoms with van der Waals surface area (Å²) in [4.78, 5) is 0. The molecular weight excluding hydrogens is 324 g/mol. The molecule has 1 radical (unpaired) electrons. The Bertz CT molecular complexity index is 976. The molecule has 0 saturated heterocycles. The van der Waals surface area contributed by atoms with Gasteiger partial charge in [-0.25, -0.2) is 0 Å². The topological polar surface area (TPSA) is 9.86 Å². The van der Waals surface area contributed by atoms with E-state index in [4.69, 9.17) is 0 Å². The summed E-state index contributed by atoms with van der Waals surface area (Å²) in [6.45, 7) is 0. The van der Waals surface area contributed by atoms with E-state index >= 15 is 0 Å². The minimum Gasteiger partial charge on any atom is -0.350 e. The lowest BCUT2D eigenvalue weighted by Gasteiger charge is -2.02. The van der Waals surface area contributed by atoms with Gasteiger partial charge >= 0.3 is 0 Å². The van der Waals surface area contributed by atoms with Crippen molar-refractivity contribution in [3.05, 3.63) is 59.2 Å². The maximum absolute atomic E-state index is 3.55. The van der Waals surface area contributed by atoms with Crippen LogP contribution in [0.2, 0.25) is 0 Å². The second kappa shape index (κ2) is 4.50. The van der Waals surface area contributed by atoms with E-state index in [0.29, 0.717) is 0 Å². The SMILES string of the molecule is Cn1cc(-c2[c]c3cc(Br)ccc3n2C)c2ccccc21. The van der Waals surface area contributed by atoms with Crippen molar-refractivity contribution >= 4 is 37.7 Å². The Morgan fingerprint density at radius 1 is 1.00 bits per heavy atom. The van der Waals surface area contributed by atoms with E-state index in [9.17, 15) is 0 Å². The molecule has 2 aromatic carbocycles. The molecule has 0 fully saturated rings.